The van der Waals surface area contributed by atoms with Crippen molar-refractivity contribution in [2.75, 3.05) is 0 Å². The van der Waals surface area contributed by atoms with Gasteiger partial charge in [0.15, 0.2) is 0 Å². The van der Waals surface area contributed by atoms with E-state index in [0.29, 0.717) is 29.0 Å². The molecule has 18 heavy (non-hydrogen) atoms. The normalized spacial score (nSPS) is 14.6. The van der Waals surface area contributed by atoms with Crippen LogP contribution in [0.2, 0.25) is 0 Å². The van der Waals surface area contributed by atoms with Crippen LogP contribution in [0.4, 0.5) is 0 Å². The number of aliphatic hydroxyl groups is 1. The van der Waals surface area contributed by atoms with Gasteiger partial charge in [-0.3, -0.25) is 4.79 Å². The lowest BCUT2D eigenvalue weighted by Crippen LogP contribution is -2.10. The number of aromatic nitrogens is 1. The molecule has 1 aromatic rings. The molecule has 1 N–H and O–H groups in total. The van der Waals surface area contributed by atoms with Crippen LogP contribution >= 0.6 is 11.3 Å². The Bertz CT molecular complexity index is 389. The molecule has 1 aromatic heterocycles. The molecular weight excluding hydrogens is 250 g/mol. The van der Waals surface area contributed by atoms with Crippen LogP contribution in [0.15, 0.2) is 5.38 Å². The van der Waals surface area contributed by atoms with Crippen molar-refractivity contribution in [2.45, 2.75) is 46.8 Å². The second-order valence-corrected chi connectivity index (χ2v) is 5.82. The summed E-state index contributed by atoms with van der Waals surface area (Å²) in [6.07, 6.45) is 0.177. The minimum atomic E-state index is -0.529. The lowest BCUT2D eigenvalue weighted by molar-refractivity contribution is -0.142. The van der Waals surface area contributed by atoms with Crippen molar-refractivity contribution in [3.8, 4) is 0 Å². The Morgan fingerprint density at radius 3 is 2.72 bits per heavy atom. The number of hydrogen-bond donors (Lipinski definition) is 1. The molecule has 4 nitrogen and oxygen atoms in total. The highest BCUT2D eigenvalue weighted by molar-refractivity contribution is 7.09. The first-order valence-electron chi connectivity index (χ1n) is 6.15. The smallest absolute Gasteiger partial charge is 0.303 e. The average Bonchev–Trinajstić information content (AvgIpc) is 2.74. The van der Waals surface area contributed by atoms with Crippen LogP contribution in [-0.2, 0) is 16.1 Å². The van der Waals surface area contributed by atoms with E-state index in [0.717, 1.165) is 0 Å². The molecule has 0 saturated heterocycles. The predicted octanol–water partition coefficient (Wildman–Crippen LogP) is 2.92. The van der Waals surface area contributed by atoms with Crippen LogP contribution in [0.5, 0.6) is 0 Å². The van der Waals surface area contributed by atoms with E-state index in [-0.39, 0.29) is 12.6 Å². The number of rotatable bonds is 6. The highest BCUT2D eigenvalue weighted by Gasteiger charge is 2.18. The van der Waals surface area contributed by atoms with Gasteiger partial charge in [0.2, 0.25) is 0 Å². The fraction of sp³-hybridized carbons (Fsp3) is 0.692. The molecule has 0 radical (unpaired) electrons. The van der Waals surface area contributed by atoms with Crippen molar-refractivity contribution in [3.63, 3.8) is 0 Å². The summed E-state index contributed by atoms with van der Waals surface area (Å²) in [5, 5.41) is 12.6. The molecule has 0 bridgehead atoms. The summed E-state index contributed by atoms with van der Waals surface area (Å²) in [5.74, 6) is 0.666. The molecular formula is C13H21NO3S. The van der Waals surface area contributed by atoms with E-state index < -0.39 is 6.10 Å². The molecule has 1 rings (SSSR count). The number of thiazole rings is 1. The largest absolute Gasteiger partial charge is 0.459 e. The van der Waals surface area contributed by atoms with E-state index in [1.807, 2.05) is 5.38 Å². The van der Waals surface area contributed by atoms with Crippen LogP contribution in [0.3, 0.4) is 0 Å². The maximum atomic E-state index is 10.7. The number of ether oxygens (including phenoxy) is 1. The van der Waals surface area contributed by atoms with Crippen molar-refractivity contribution >= 4 is 17.3 Å². The second kappa shape index (κ2) is 6.85. The van der Waals surface area contributed by atoms with E-state index in [4.69, 9.17) is 4.74 Å². The SMILES string of the molecule is CC(=O)OCc1csc([C@H](O)C[C@@H](C)C(C)C)n1. The molecule has 102 valence electrons. The monoisotopic (exact) mass is 271 g/mol. The van der Waals surface area contributed by atoms with Crippen molar-refractivity contribution in [3.05, 3.63) is 16.1 Å². The molecule has 0 spiro atoms. The Labute approximate surface area is 112 Å². The molecule has 0 aromatic carbocycles. The lowest BCUT2D eigenvalue weighted by atomic mass is 9.92. The molecule has 2 atom stereocenters. The van der Waals surface area contributed by atoms with Gasteiger partial charge in [0, 0.05) is 12.3 Å². The third-order valence-corrected chi connectivity index (χ3v) is 4.01. The topological polar surface area (TPSA) is 59.4 Å². The van der Waals surface area contributed by atoms with Gasteiger partial charge in [0.1, 0.15) is 17.7 Å². The quantitative estimate of drug-likeness (QED) is 0.808. The summed E-state index contributed by atoms with van der Waals surface area (Å²) in [5.41, 5.74) is 0.696. The molecule has 0 amide bonds. The molecule has 0 aliphatic rings. The second-order valence-electron chi connectivity index (χ2n) is 4.93. The zero-order chi connectivity index (χ0) is 13.7. The number of esters is 1. The summed E-state index contributed by atoms with van der Waals surface area (Å²) in [7, 11) is 0. The molecule has 1 heterocycles. The van der Waals surface area contributed by atoms with Gasteiger partial charge in [-0.15, -0.1) is 11.3 Å². The Balaban J connectivity index is 2.53. The summed E-state index contributed by atoms with van der Waals surface area (Å²) in [4.78, 5) is 15.0. The Morgan fingerprint density at radius 1 is 1.50 bits per heavy atom. The van der Waals surface area contributed by atoms with E-state index >= 15 is 0 Å². The highest BCUT2D eigenvalue weighted by Crippen LogP contribution is 2.27. The highest BCUT2D eigenvalue weighted by atomic mass is 32.1. The number of carbonyl (C=O) groups is 1. The summed E-state index contributed by atoms with van der Waals surface area (Å²) < 4.78 is 4.86. The number of hydrogen-bond acceptors (Lipinski definition) is 5. The average molecular weight is 271 g/mol. The summed E-state index contributed by atoms with van der Waals surface area (Å²) in [6, 6.07) is 0. The van der Waals surface area contributed by atoms with Crippen LogP contribution < -0.4 is 0 Å². The Morgan fingerprint density at radius 2 is 2.17 bits per heavy atom. The van der Waals surface area contributed by atoms with Gasteiger partial charge in [-0.2, -0.15) is 0 Å². The molecule has 0 saturated carbocycles. The van der Waals surface area contributed by atoms with Gasteiger partial charge in [-0.25, -0.2) is 4.98 Å². The van der Waals surface area contributed by atoms with Gasteiger partial charge < -0.3 is 9.84 Å². The first-order valence-corrected chi connectivity index (χ1v) is 7.03. The van der Waals surface area contributed by atoms with E-state index in [2.05, 4.69) is 25.8 Å². The van der Waals surface area contributed by atoms with Gasteiger partial charge in [-0.05, 0) is 18.3 Å². The predicted molar refractivity (Wildman–Crippen MR) is 71.2 cm³/mol. The van der Waals surface area contributed by atoms with E-state index in [1.54, 1.807) is 0 Å². The van der Waals surface area contributed by atoms with Crippen LogP contribution in [-0.4, -0.2) is 16.1 Å². The third kappa shape index (κ3) is 4.74. The minimum Gasteiger partial charge on any atom is -0.459 e. The van der Waals surface area contributed by atoms with E-state index in [1.165, 1.54) is 18.3 Å². The summed E-state index contributed by atoms with van der Waals surface area (Å²) >= 11 is 1.41. The summed E-state index contributed by atoms with van der Waals surface area (Å²) in [6.45, 7) is 7.96. The van der Waals surface area contributed by atoms with Crippen LogP contribution in [0, 0.1) is 11.8 Å². The molecule has 0 fully saturated rings. The van der Waals surface area contributed by atoms with Crippen molar-refractivity contribution < 1.29 is 14.6 Å². The van der Waals surface area contributed by atoms with Crippen molar-refractivity contribution in [1.29, 1.82) is 0 Å². The number of aliphatic hydroxyl groups excluding tert-OH is 1. The Kier molecular flexibility index (Phi) is 5.75. The lowest BCUT2D eigenvalue weighted by Gasteiger charge is -2.17. The molecule has 0 unspecified atom stereocenters. The maximum absolute atomic E-state index is 10.7. The maximum Gasteiger partial charge on any atom is 0.303 e. The van der Waals surface area contributed by atoms with Gasteiger partial charge >= 0.3 is 5.97 Å². The first kappa shape index (κ1) is 15.1. The number of nitrogens with zero attached hydrogens (tertiary/aromatic N) is 1. The number of carbonyl (C=O) groups excluding carboxylic acids is 1. The van der Waals surface area contributed by atoms with Crippen LogP contribution in [0.25, 0.3) is 0 Å². The Hall–Kier alpha value is -0.940. The molecule has 5 heteroatoms. The van der Waals surface area contributed by atoms with Crippen LogP contribution in [0.1, 0.15) is 50.9 Å². The minimum absolute atomic E-state index is 0.179. The van der Waals surface area contributed by atoms with Gasteiger partial charge in [0.25, 0.3) is 0 Å². The van der Waals surface area contributed by atoms with E-state index in [9.17, 15) is 9.90 Å². The fourth-order valence-electron chi connectivity index (χ4n) is 1.44. The zero-order valence-corrected chi connectivity index (χ0v) is 12.2. The molecule has 0 aliphatic carbocycles. The van der Waals surface area contributed by atoms with Crippen molar-refractivity contribution in [2.24, 2.45) is 11.8 Å². The fourth-order valence-corrected chi connectivity index (χ4v) is 2.24. The molecule has 0 aliphatic heterocycles. The van der Waals surface area contributed by atoms with Gasteiger partial charge in [-0.1, -0.05) is 20.8 Å². The van der Waals surface area contributed by atoms with Gasteiger partial charge in [0.05, 0.1) is 5.69 Å². The standard InChI is InChI=1S/C13H21NO3S/c1-8(2)9(3)5-12(16)13-14-11(7-18-13)6-17-10(4)15/h7-9,12,16H,5-6H2,1-4H3/t9-,12-/m1/s1. The third-order valence-electron chi connectivity index (χ3n) is 3.01. The van der Waals surface area contributed by atoms with Crippen molar-refractivity contribution in [1.82, 2.24) is 4.98 Å². The zero-order valence-electron chi connectivity index (χ0n) is 11.3. The first-order chi connectivity index (χ1) is 8.40.